The van der Waals surface area contributed by atoms with Gasteiger partial charge in [-0.15, -0.1) is 0 Å². The molecule has 2 aromatic rings. The fraction of sp³-hybridized carbons (Fsp3) is 0.429. The van der Waals surface area contributed by atoms with Crippen LogP contribution in [-0.4, -0.2) is 45.8 Å². The molecule has 0 aliphatic rings. The molecular formula is C14H21N3O2S. The van der Waals surface area contributed by atoms with E-state index in [-0.39, 0.29) is 26.1 Å². The summed E-state index contributed by atoms with van der Waals surface area (Å²) in [6.07, 6.45) is -1.66. The number of sulfonamides is 1. The van der Waals surface area contributed by atoms with E-state index in [1.165, 1.54) is 6.07 Å². The van der Waals surface area contributed by atoms with Crippen LogP contribution in [0.5, 0.6) is 0 Å². The molecule has 0 bridgehead atoms. The van der Waals surface area contributed by atoms with Crippen LogP contribution in [0.25, 0.3) is 10.9 Å². The number of aromatic nitrogens is 1. The van der Waals surface area contributed by atoms with Gasteiger partial charge in [-0.05, 0) is 50.6 Å². The Morgan fingerprint density at radius 1 is 1.55 bits per heavy atom. The fourth-order valence-electron chi connectivity index (χ4n) is 1.63. The fourth-order valence-corrected chi connectivity index (χ4v) is 2.15. The molecule has 0 saturated heterocycles. The number of H-pyrrole nitrogens is 1. The van der Waals surface area contributed by atoms with Gasteiger partial charge in [0.05, 0.1) is 5.70 Å². The Kier molecular flexibility index (Phi) is 1.72. The van der Waals surface area contributed by atoms with Gasteiger partial charge in [0.15, 0.2) is 1.41 Å². The van der Waals surface area contributed by atoms with Crippen molar-refractivity contribution in [3.8, 4) is 0 Å². The smallest absolute Gasteiger partial charge is 0.215 e. The van der Waals surface area contributed by atoms with E-state index in [0.717, 1.165) is 30.4 Å². The molecule has 0 atom stereocenters. The number of hydrogen-bond acceptors (Lipinski definition) is 3. The Morgan fingerprint density at radius 2 is 2.35 bits per heavy atom. The van der Waals surface area contributed by atoms with E-state index in [9.17, 15) is 8.42 Å². The lowest BCUT2D eigenvalue weighted by Crippen LogP contribution is -2.20. The zero-order chi connectivity index (χ0) is 25.1. The molecule has 1 aromatic carbocycles. The van der Waals surface area contributed by atoms with Crippen LogP contribution < -0.4 is 4.72 Å². The van der Waals surface area contributed by atoms with Gasteiger partial charge in [0.2, 0.25) is 10.0 Å². The van der Waals surface area contributed by atoms with Gasteiger partial charge in [-0.3, -0.25) is 0 Å². The maximum absolute atomic E-state index is 12.3. The first-order valence-electron chi connectivity index (χ1n) is 11.4. The number of nitrogens with one attached hydrogen (secondary N) is 2. The van der Waals surface area contributed by atoms with Crippen LogP contribution in [0.2, 0.25) is 2.82 Å². The molecule has 1 heterocycles. The van der Waals surface area contributed by atoms with Crippen LogP contribution in [0.3, 0.4) is 0 Å². The van der Waals surface area contributed by atoms with Crippen molar-refractivity contribution in [1.29, 1.82) is 0 Å². The van der Waals surface area contributed by atoms with Gasteiger partial charge < -0.3 is 9.88 Å². The van der Waals surface area contributed by atoms with Crippen molar-refractivity contribution < 1.29 is 24.9 Å². The van der Waals surface area contributed by atoms with Crippen molar-refractivity contribution in [3.63, 3.8) is 0 Å². The molecule has 1 aromatic heterocycles. The molecule has 0 aliphatic carbocycles. The second kappa shape index (κ2) is 5.95. The second-order valence-corrected chi connectivity index (χ2v) is 5.45. The van der Waals surface area contributed by atoms with Crippen LogP contribution in [-0.2, 0) is 22.1 Å². The minimum Gasteiger partial charge on any atom is -0.361 e. The number of aromatic amines is 1. The van der Waals surface area contributed by atoms with Crippen molar-refractivity contribution in [3.05, 3.63) is 35.5 Å². The number of hydrogen-bond donors (Lipinski definition) is 2. The summed E-state index contributed by atoms with van der Waals surface area (Å²) in [6.45, 7) is -7.43. The maximum Gasteiger partial charge on any atom is 0.215 e. The van der Waals surface area contributed by atoms with Gasteiger partial charge in [0.25, 0.3) is 0 Å². The first kappa shape index (κ1) is 5.79. The van der Waals surface area contributed by atoms with Gasteiger partial charge in [-0.25, -0.2) is 13.1 Å². The first-order valence-corrected chi connectivity index (χ1v) is 6.98. The molecule has 0 amide bonds. The van der Waals surface area contributed by atoms with E-state index in [2.05, 4.69) is 0 Å². The molecule has 0 spiro atoms. The normalized spacial score (nSPS) is 24.1. The zero-order valence-electron chi connectivity index (χ0n) is 22.6. The van der Waals surface area contributed by atoms with Crippen LogP contribution in [0.1, 0.15) is 24.8 Å². The number of likely N-dealkylation sites (N-methyl/N-ethyl adjacent to an activating group) is 1. The highest BCUT2D eigenvalue weighted by molar-refractivity contribution is 7.88. The standard InChI is InChI=1S/C14H21N3O2S/c1-15-20(18,19)10-11-4-5-14-13(8-11)12(9-16-14)6-7-17(2)3/h4-5,8-9,15-16H,6-7,10H2,1-3H3/i2D3,3D3,6D2,10D2/hD2. The molecule has 20 heavy (non-hydrogen) atoms. The topological polar surface area (TPSA) is 65.2 Å². The number of nitrogens with zero attached hydrogens (tertiary/aromatic N) is 1. The summed E-state index contributed by atoms with van der Waals surface area (Å²) in [5.74, 6) is 0. The summed E-state index contributed by atoms with van der Waals surface area (Å²) in [7, 11) is -3.94. The molecule has 6 heteroatoms. The van der Waals surface area contributed by atoms with Crippen LogP contribution in [0, 0.1) is 0 Å². The molecule has 0 radical (unpaired) electrons. The largest absolute Gasteiger partial charge is 0.361 e. The maximum atomic E-state index is 12.3. The molecule has 110 valence electrons. The third-order valence-corrected chi connectivity index (χ3v) is 3.51. The summed E-state index contributed by atoms with van der Waals surface area (Å²) in [5.41, 5.74) is -3.80. The highest BCUT2D eigenvalue weighted by Gasteiger charge is 2.11. The van der Waals surface area contributed by atoms with Crippen molar-refractivity contribution in [2.75, 3.05) is 27.5 Å². The van der Waals surface area contributed by atoms with Crippen LogP contribution in [0.4, 0.5) is 0 Å². The molecule has 0 unspecified atom stereocenters. The highest BCUT2D eigenvalue weighted by atomic mass is 32.2. The number of rotatable bonds is 6. The Hall–Kier alpha value is -1.37. The molecule has 5 nitrogen and oxygen atoms in total. The molecule has 2 rings (SSSR count). The van der Waals surface area contributed by atoms with E-state index >= 15 is 0 Å². The summed E-state index contributed by atoms with van der Waals surface area (Å²) >= 11 is 0. The van der Waals surface area contributed by atoms with Gasteiger partial charge in [-0.2, -0.15) is 0 Å². The van der Waals surface area contributed by atoms with E-state index in [4.69, 9.17) is 16.5 Å². The minimum atomic E-state index is -4.77. The molecule has 0 aliphatic heterocycles. The Labute approximate surface area is 137 Å². The van der Waals surface area contributed by atoms with Crippen LogP contribution >= 0.6 is 0 Å². The van der Waals surface area contributed by atoms with Crippen molar-refractivity contribution in [1.82, 2.24) is 14.6 Å². The Bertz CT molecular complexity index is 1090. The monoisotopic (exact) mass is 307 g/mol. The van der Waals surface area contributed by atoms with E-state index in [1.54, 1.807) is 0 Å². The van der Waals surface area contributed by atoms with Crippen LogP contribution in [0.15, 0.2) is 24.4 Å². The molecular weight excluding hydrogens is 274 g/mol. The third kappa shape index (κ3) is 3.59. The van der Waals surface area contributed by atoms with Crippen molar-refractivity contribution in [2.24, 2.45) is 0 Å². The molecule has 2 N–H and O–H groups in total. The number of fused-ring (bicyclic) bond motifs is 1. The average molecular weight is 307 g/mol. The van der Waals surface area contributed by atoms with Gasteiger partial charge in [-0.1, -0.05) is 6.07 Å². The Morgan fingerprint density at radius 3 is 3.05 bits per heavy atom. The molecule has 0 saturated carbocycles. The lowest BCUT2D eigenvalue weighted by molar-refractivity contribution is 0.414. The van der Waals surface area contributed by atoms with E-state index < -0.39 is 48.2 Å². The average Bonchev–Trinajstić information content (AvgIpc) is 2.95. The van der Waals surface area contributed by atoms with E-state index in [0.29, 0.717) is 0 Å². The van der Waals surface area contributed by atoms with Crippen molar-refractivity contribution in [2.45, 2.75) is 12.1 Å². The predicted molar refractivity (Wildman–Crippen MR) is 82.2 cm³/mol. The second-order valence-electron chi connectivity index (χ2n) is 3.93. The molecule has 0 fully saturated rings. The van der Waals surface area contributed by atoms with Crippen molar-refractivity contribution >= 4 is 20.9 Å². The number of benzene rings is 1. The summed E-state index contributed by atoms with van der Waals surface area (Å²) in [4.78, 5) is 0.748. The van der Waals surface area contributed by atoms with E-state index in [1.807, 2.05) is 0 Å². The summed E-state index contributed by atoms with van der Waals surface area (Å²) in [6, 6.07) is 3.24. The summed E-state index contributed by atoms with van der Waals surface area (Å²) < 4.78 is 117. The van der Waals surface area contributed by atoms with Gasteiger partial charge in [0.1, 0.15) is 1.41 Å². The van der Waals surface area contributed by atoms with Gasteiger partial charge >= 0.3 is 0 Å². The zero-order valence-corrected chi connectivity index (χ0v) is 11.4. The lowest BCUT2D eigenvalue weighted by Gasteiger charge is -2.08. The lowest BCUT2D eigenvalue weighted by atomic mass is 10.1. The highest BCUT2D eigenvalue weighted by Crippen LogP contribution is 2.21. The Balaban J connectivity index is 2.68. The minimum absolute atomic E-state index is 0.0236. The predicted octanol–water partition coefficient (Wildman–Crippen LogP) is 1.32. The quantitative estimate of drug-likeness (QED) is 0.846. The SMILES string of the molecule is [2H]N(C)S(=O)(=O)C([2H])([2H])c1ccc2c(c1)c(C([2H])([2H])CN(C([2H])([2H])[2H])C([2H])([2H])[2H])cn2[2H]. The van der Waals surface area contributed by atoms with Gasteiger partial charge in [0, 0.05) is 37.4 Å². The first-order chi connectivity index (χ1) is 14.1. The third-order valence-electron chi connectivity index (χ3n) is 2.53. The summed E-state index contributed by atoms with van der Waals surface area (Å²) in [5, 5.41) is -0.106.